The van der Waals surface area contributed by atoms with Gasteiger partial charge in [0.2, 0.25) is 11.8 Å². The van der Waals surface area contributed by atoms with Crippen molar-refractivity contribution in [1.82, 2.24) is 20.4 Å². The maximum atomic E-state index is 12.3. The van der Waals surface area contributed by atoms with Crippen LogP contribution in [0.5, 0.6) is 0 Å². The first-order chi connectivity index (χ1) is 10.5. The van der Waals surface area contributed by atoms with E-state index in [1.807, 2.05) is 6.92 Å². The summed E-state index contributed by atoms with van der Waals surface area (Å²) in [5, 5.41) is 16.2. The van der Waals surface area contributed by atoms with E-state index in [4.69, 9.17) is 4.52 Å². The monoisotopic (exact) mass is 303 g/mol. The van der Waals surface area contributed by atoms with Gasteiger partial charge in [-0.3, -0.25) is 9.69 Å². The molecule has 1 aliphatic heterocycles. The first kappa shape index (κ1) is 15.0. The fourth-order valence-corrected chi connectivity index (χ4v) is 3.15. The van der Waals surface area contributed by atoms with Crippen molar-refractivity contribution in [3.63, 3.8) is 0 Å². The molecule has 0 aromatic carbocycles. The molecule has 1 aromatic heterocycles. The fraction of sp³-hybridized carbons (Fsp3) is 0.733. The molecule has 1 saturated carbocycles. The Morgan fingerprint density at radius 2 is 2.32 bits per heavy atom. The third-order valence-electron chi connectivity index (χ3n) is 4.58. The first-order valence-corrected chi connectivity index (χ1v) is 7.78. The van der Waals surface area contributed by atoms with Crippen LogP contribution in [0.15, 0.2) is 4.52 Å². The molecule has 1 N–H and O–H groups in total. The van der Waals surface area contributed by atoms with E-state index in [0.717, 1.165) is 32.2 Å². The largest absolute Gasteiger partial charge is 0.340 e. The molecular formula is C15H21N5O2. The van der Waals surface area contributed by atoms with Crippen LogP contribution in [0.3, 0.4) is 0 Å². The van der Waals surface area contributed by atoms with E-state index >= 15 is 0 Å². The van der Waals surface area contributed by atoms with E-state index < -0.39 is 5.54 Å². The summed E-state index contributed by atoms with van der Waals surface area (Å²) >= 11 is 0. The predicted octanol–water partition coefficient (Wildman–Crippen LogP) is 1.32. The van der Waals surface area contributed by atoms with E-state index in [2.05, 4.69) is 26.4 Å². The molecule has 1 saturated heterocycles. The van der Waals surface area contributed by atoms with E-state index in [1.54, 1.807) is 6.92 Å². The molecule has 2 fully saturated rings. The Hall–Kier alpha value is -1.94. The number of likely N-dealkylation sites (tertiary alicyclic amines) is 1. The second-order valence-electron chi connectivity index (χ2n) is 6.44. The highest BCUT2D eigenvalue weighted by atomic mass is 16.5. The van der Waals surface area contributed by atoms with E-state index in [-0.39, 0.29) is 24.4 Å². The zero-order valence-electron chi connectivity index (χ0n) is 13.0. The highest BCUT2D eigenvalue weighted by molar-refractivity contribution is 5.79. The maximum Gasteiger partial charge on any atom is 0.235 e. The first-order valence-electron chi connectivity index (χ1n) is 7.78. The van der Waals surface area contributed by atoms with Gasteiger partial charge < -0.3 is 9.84 Å². The molecule has 7 heteroatoms. The Morgan fingerprint density at radius 1 is 1.55 bits per heavy atom. The van der Waals surface area contributed by atoms with Gasteiger partial charge in [0.1, 0.15) is 5.54 Å². The van der Waals surface area contributed by atoms with Crippen LogP contribution in [0.1, 0.15) is 50.4 Å². The summed E-state index contributed by atoms with van der Waals surface area (Å²) < 4.78 is 5.04. The highest BCUT2D eigenvalue weighted by Crippen LogP contribution is 2.39. The number of aryl methyl sites for hydroxylation is 1. The number of hydrogen-bond acceptors (Lipinski definition) is 6. The molecule has 22 heavy (non-hydrogen) atoms. The number of hydrogen-bond donors (Lipinski definition) is 1. The van der Waals surface area contributed by atoms with E-state index in [1.165, 1.54) is 0 Å². The minimum atomic E-state index is -0.741. The number of rotatable bonds is 5. The molecule has 0 spiro atoms. The van der Waals surface area contributed by atoms with Crippen molar-refractivity contribution in [2.45, 2.75) is 51.1 Å². The number of carbonyl (C=O) groups excluding carboxylic acids is 1. The van der Waals surface area contributed by atoms with Crippen molar-refractivity contribution in [1.29, 1.82) is 5.26 Å². The number of aromatic nitrogens is 2. The minimum Gasteiger partial charge on any atom is -0.340 e. The van der Waals surface area contributed by atoms with Crippen LogP contribution >= 0.6 is 0 Å². The average Bonchev–Trinajstić information content (AvgIpc) is 3.12. The summed E-state index contributed by atoms with van der Waals surface area (Å²) in [5.74, 6) is 1.36. The zero-order valence-corrected chi connectivity index (χ0v) is 13.0. The van der Waals surface area contributed by atoms with Crippen molar-refractivity contribution in [2.75, 3.05) is 13.1 Å². The molecule has 118 valence electrons. The molecule has 0 unspecified atom stereocenters. The lowest BCUT2D eigenvalue weighted by atomic mass is 9.98. The number of nitriles is 1. The summed E-state index contributed by atoms with van der Waals surface area (Å²) in [6.45, 7) is 4.67. The second kappa shape index (κ2) is 5.69. The van der Waals surface area contributed by atoms with Gasteiger partial charge in [0.05, 0.1) is 18.7 Å². The third-order valence-corrected chi connectivity index (χ3v) is 4.58. The molecule has 1 aromatic rings. The van der Waals surface area contributed by atoms with Gasteiger partial charge in [-0.2, -0.15) is 10.2 Å². The lowest BCUT2D eigenvalue weighted by molar-refractivity contribution is -0.123. The van der Waals surface area contributed by atoms with Crippen LogP contribution in [-0.4, -0.2) is 39.6 Å². The normalized spacial score (nSPS) is 24.7. The molecule has 0 radical (unpaired) electrons. The standard InChI is InChI=1S/C15H21N5O2/c1-10-17-14(19-22-10)12-4-3-7-20(12)8-13(21)18-15(2,9-16)11-5-6-11/h11-12H,3-8H2,1-2H3,(H,18,21)/t12-,15+/m1/s1. The summed E-state index contributed by atoms with van der Waals surface area (Å²) in [4.78, 5) is 18.7. The number of carbonyl (C=O) groups is 1. The van der Waals surface area contributed by atoms with Crippen molar-refractivity contribution in [3.8, 4) is 6.07 Å². The summed E-state index contributed by atoms with van der Waals surface area (Å²) in [6, 6.07) is 2.28. The van der Waals surface area contributed by atoms with Gasteiger partial charge in [-0.1, -0.05) is 5.16 Å². The molecule has 0 bridgehead atoms. The average molecular weight is 303 g/mol. The van der Waals surface area contributed by atoms with Crippen LogP contribution in [-0.2, 0) is 4.79 Å². The molecule has 1 amide bonds. The van der Waals surface area contributed by atoms with Gasteiger partial charge >= 0.3 is 0 Å². The molecule has 1 aliphatic carbocycles. The van der Waals surface area contributed by atoms with Gasteiger partial charge in [0.15, 0.2) is 5.82 Å². The molecular weight excluding hydrogens is 282 g/mol. The summed E-state index contributed by atoms with van der Waals surface area (Å²) in [6.07, 6.45) is 3.95. The van der Waals surface area contributed by atoms with Crippen LogP contribution in [0, 0.1) is 24.2 Å². The van der Waals surface area contributed by atoms with Crippen LogP contribution in [0.25, 0.3) is 0 Å². The van der Waals surface area contributed by atoms with Crippen molar-refractivity contribution >= 4 is 5.91 Å². The van der Waals surface area contributed by atoms with Crippen molar-refractivity contribution < 1.29 is 9.32 Å². The fourth-order valence-electron chi connectivity index (χ4n) is 3.15. The van der Waals surface area contributed by atoms with Gasteiger partial charge in [0, 0.05) is 6.92 Å². The lowest BCUT2D eigenvalue weighted by Gasteiger charge is -2.26. The van der Waals surface area contributed by atoms with E-state index in [0.29, 0.717) is 11.7 Å². The van der Waals surface area contributed by atoms with E-state index in [9.17, 15) is 10.1 Å². The molecule has 7 nitrogen and oxygen atoms in total. The molecule has 2 aliphatic rings. The molecule has 2 heterocycles. The third kappa shape index (κ3) is 2.97. The van der Waals surface area contributed by atoms with Crippen molar-refractivity contribution in [2.24, 2.45) is 5.92 Å². The maximum absolute atomic E-state index is 12.3. The van der Waals surface area contributed by atoms with Gasteiger partial charge in [-0.15, -0.1) is 0 Å². The Bertz CT molecular complexity index is 603. The van der Waals surface area contributed by atoms with Gasteiger partial charge in [0.25, 0.3) is 0 Å². The SMILES string of the molecule is Cc1nc([C@H]2CCCN2CC(=O)N[C@@](C)(C#N)C2CC2)no1. The Kier molecular flexibility index (Phi) is 3.87. The Balaban J connectivity index is 1.62. The summed E-state index contributed by atoms with van der Waals surface area (Å²) in [7, 11) is 0. The lowest BCUT2D eigenvalue weighted by Crippen LogP contribution is -2.50. The number of nitrogens with zero attached hydrogens (tertiary/aromatic N) is 4. The summed E-state index contributed by atoms with van der Waals surface area (Å²) in [5.41, 5.74) is -0.741. The smallest absolute Gasteiger partial charge is 0.235 e. The number of nitrogens with one attached hydrogen (secondary N) is 1. The molecule has 3 rings (SSSR count). The zero-order chi connectivity index (χ0) is 15.7. The van der Waals surface area contributed by atoms with Gasteiger partial charge in [-0.05, 0) is 45.1 Å². The minimum absolute atomic E-state index is 0.0254. The Morgan fingerprint density at radius 3 is 2.91 bits per heavy atom. The second-order valence-corrected chi connectivity index (χ2v) is 6.44. The van der Waals surface area contributed by atoms with Crippen molar-refractivity contribution in [3.05, 3.63) is 11.7 Å². The number of amides is 1. The Labute approximate surface area is 129 Å². The topological polar surface area (TPSA) is 95.1 Å². The molecule has 2 atom stereocenters. The van der Waals surface area contributed by atoms with Crippen LogP contribution in [0.4, 0.5) is 0 Å². The van der Waals surface area contributed by atoms with Gasteiger partial charge in [-0.25, -0.2) is 0 Å². The van der Waals surface area contributed by atoms with Crippen LogP contribution < -0.4 is 5.32 Å². The highest BCUT2D eigenvalue weighted by Gasteiger charge is 2.43. The quantitative estimate of drug-likeness (QED) is 0.881. The van der Waals surface area contributed by atoms with Crippen LogP contribution in [0.2, 0.25) is 0 Å². The predicted molar refractivity (Wildman–Crippen MR) is 77.5 cm³/mol.